The van der Waals surface area contributed by atoms with Crippen molar-refractivity contribution in [2.45, 2.75) is 18.9 Å². The number of thiazole rings is 1. The number of hydrogen-bond donors (Lipinski definition) is 4. The van der Waals surface area contributed by atoms with Crippen molar-refractivity contribution in [1.29, 1.82) is 0 Å². The minimum absolute atomic E-state index is 0.0595. The number of nitrogens with two attached hydrogens (primary N) is 1. The molecule has 0 amide bonds. The van der Waals surface area contributed by atoms with Gasteiger partial charge in [0.25, 0.3) is 0 Å². The summed E-state index contributed by atoms with van der Waals surface area (Å²) in [5.41, 5.74) is 12.4. The van der Waals surface area contributed by atoms with E-state index in [-0.39, 0.29) is 23.6 Å². The van der Waals surface area contributed by atoms with Crippen LogP contribution in [0.5, 0.6) is 11.5 Å². The minimum atomic E-state index is 0.0595. The Kier molecular flexibility index (Phi) is 4.45. The average Bonchev–Trinajstić information content (AvgIpc) is 3.44. The zero-order valence-electron chi connectivity index (χ0n) is 18.2. The van der Waals surface area contributed by atoms with Crippen molar-refractivity contribution in [3.63, 3.8) is 0 Å². The van der Waals surface area contributed by atoms with E-state index in [4.69, 9.17) is 10.5 Å². The predicted octanol–water partition coefficient (Wildman–Crippen LogP) is 5.40. The molecule has 1 aliphatic heterocycles. The molecule has 6 rings (SSSR count). The summed E-state index contributed by atoms with van der Waals surface area (Å²) in [7, 11) is 1.58. The number of nitrogens with zero attached hydrogens (tertiary/aromatic N) is 2. The molecule has 5 N–H and O–H groups in total. The minimum Gasteiger partial charge on any atom is -0.504 e. The number of methoxy groups -OCH3 is 1. The van der Waals surface area contributed by atoms with E-state index in [0.29, 0.717) is 10.9 Å². The van der Waals surface area contributed by atoms with E-state index in [9.17, 15) is 5.11 Å². The van der Waals surface area contributed by atoms with Crippen LogP contribution in [0.3, 0.4) is 0 Å². The molecule has 0 fully saturated rings. The molecule has 3 atom stereocenters. The molecule has 0 spiro atoms. The quantitative estimate of drug-likeness (QED) is 0.289. The first-order valence-electron chi connectivity index (χ1n) is 10.8. The van der Waals surface area contributed by atoms with Gasteiger partial charge >= 0.3 is 0 Å². The smallest absolute Gasteiger partial charge is 0.181 e. The van der Waals surface area contributed by atoms with Gasteiger partial charge in [0.15, 0.2) is 16.6 Å². The molecule has 1 aliphatic rings. The highest BCUT2D eigenvalue weighted by Gasteiger charge is 2.37. The molecule has 2 aromatic heterocycles. The maximum atomic E-state index is 10.2. The van der Waals surface area contributed by atoms with Crippen molar-refractivity contribution in [2.75, 3.05) is 18.2 Å². The molecular formula is C25H23N5O2S. The fourth-order valence-electron chi connectivity index (χ4n) is 5.15. The number of rotatable bonds is 3. The molecule has 7 nitrogen and oxygen atoms in total. The summed E-state index contributed by atoms with van der Waals surface area (Å²) in [6, 6.07) is 16.2. The lowest BCUT2D eigenvalue weighted by molar-refractivity contribution is 0.370. The Labute approximate surface area is 194 Å². The lowest BCUT2D eigenvalue weighted by atomic mass is 9.72. The van der Waals surface area contributed by atoms with Gasteiger partial charge in [-0.3, -0.25) is 5.10 Å². The highest BCUT2D eigenvalue weighted by Crippen LogP contribution is 2.51. The van der Waals surface area contributed by atoms with Crippen molar-refractivity contribution < 1.29 is 9.84 Å². The van der Waals surface area contributed by atoms with E-state index in [1.54, 1.807) is 13.2 Å². The number of fused-ring (bicyclic) bond motifs is 4. The second kappa shape index (κ2) is 7.38. The number of phenols is 1. The highest BCUT2D eigenvalue weighted by molar-refractivity contribution is 7.22. The molecule has 0 radical (unpaired) electrons. The Morgan fingerprint density at radius 1 is 1.09 bits per heavy atom. The first kappa shape index (κ1) is 19.9. The number of aromatic nitrogens is 3. The third-order valence-corrected chi connectivity index (χ3v) is 7.54. The molecule has 5 aromatic rings. The van der Waals surface area contributed by atoms with Crippen molar-refractivity contribution >= 4 is 43.3 Å². The molecule has 1 unspecified atom stereocenters. The molecule has 8 heteroatoms. The van der Waals surface area contributed by atoms with Gasteiger partial charge in [-0.25, -0.2) is 4.98 Å². The Bertz CT molecular complexity index is 1510. The zero-order valence-corrected chi connectivity index (χ0v) is 19.0. The van der Waals surface area contributed by atoms with Gasteiger partial charge in [0, 0.05) is 17.0 Å². The molecular weight excluding hydrogens is 434 g/mol. The topological polar surface area (TPSA) is 109 Å². The van der Waals surface area contributed by atoms with Gasteiger partial charge in [-0.15, -0.1) is 0 Å². The van der Waals surface area contributed by atoms with Crippen LogP contribution in [0, 0.1) is 5.92 Å². The summed E-state index contributed by atoms with van der Waals surface area (Å²) in [4.78, 5) is 4.40. The molecule has 166 valence electrons. The first-order valence-corrected chi connectivity index (χ1v) is 11.6. The van der Waals surface area contributed by atoms with Gasteiger partial charge in [-0.1, -0.05) is 30.4 Å². The highest BCUT2D eigenvalue weighted by atomic mass is 32.1. The van der Waals surface area contributed by atoms with Crippen LogP contribution in [0.2, 0.25) is 0 Å². The van der Waals surface area contributed by atoms with Gasteiger partial charge in [-0.05, 0) is 59.0 Å². The van der Waals surface area contributed by atoms with Crippen LogP contribution in [0.1, 0.15) is 35.6 Å². The summed E-state index contributed by atoms with van der Waals surface area (Å²) in [6.07, 6.45) is 1.89. The van der Waals surface area contributed by atoms with Gasteiger partial charge < -0.3 is 20.9 Å². The zero-order chi connectivity index (χ0) is 22.7. The van der Waals surface area contributed by atoms with E-state index in [0.717, 1.165) is 32.4 Å². The molecule has 3 aromatic carbocycles. The summed E-state index contributed by atoms with van der Waals surface area (Å²) < 4.78 is 6.51. The van der Waals surface area contributed by atoms with Crippen LogP contribution < -0.4 is 15.8 Å². The molecule has 0 bridgehead atoms. The summed E-state index contributed by atoms with van der Waals surface area (Å²) in [5, 5.41) is 23.0. The van der Waals surface area contributed by atoms with Crippen LogP contribution in [-0.4, -0.2) is 27.4 Å². The maximum Gasteiger partial charge on any atom is 0.181 e. The monoisotopic (exact) mass is 457 g/mol. The largest absolute Gasteiger partial charge is 0.504 e. The van der Waals surface area contributed by atoms with E-state index < -0.39 is 0 Å². The van der Waals surface area contributed by atoms with E-state index >= 15 is 0 Å². The molecule has 0 saturated carbocycles. The number of phenolic OH excluding ortho intramolecular Hbond substituents is 1. The standard InChI is InChI=1S/C25H23N5O2S/c1-12-22(13-4-8-19(31)20(9-13)32-2)23-15-11-27-30-16(15)6-7-18(23)28-24(12)14-3-5-17-21(10-14)33-25(26)29-17/h3-12,22,24,28,31H,1-2H3,(H2,26,29)(H,27,30)/t12-,22+,24?/m0/s1. The SMILES string of the molecule is COc1cc([C@@H]2c3c(ccc4[nH]ncc34)NC(c3ccc4nc(N)sc4c3)[C@H]2C)ccc1O. The van der Waals surface area contributed by atoms with Crippen LogP contribution in [0.25, 0.3) is 21.1 Å². The second-order valence-corrected chi connectivity index (χ2v) is 9.59. The van der Waals surface area contributed by atoms with Crippen molar-refractivity contribution in [2.24, 2.45) is 5.92 Å². The van der Waals surface area contributed by atoms with E-state index in [2.05, 4.69) is 51.7 Å². The normalized spacial score (nSPS) is 20.0. The van der Waals surface area contributed by atoms with Crippen LogP contribution in [0.4, 0.5) is 10.8 Å². The Hall–Kier alpha value is -3.78. The Balaban J connectivity index is 1.55. The summed E-state index contributed by atoms with van der Waals surface area (Å²) in [5.74, 6) is 0.853. The van der Waals surface area contributed by atoms with Crippen molar-refractivity contribution in [1.82, 2.24) is 15.2 Å². The third-order valence-electron chi connectivity index (χ3n) is 6.69. The van der Waals surface area contributed by atoms with E-state index in [1.807, 2.05) is 24.4 Å². The molecule has 0 aliphatic carbocycles. The average molecular weight is 458 g/mol. The summed E-state index contributed by atoms with van der Waals surface area (Å²) in [6.45, 7) is 2.26. The number of aromatic amines is 1. The Morgan fingerprint density at radius 2 is 1.94 bits per heavy atom. The number of anilines is 2. The van der Waals surface area contributed by atoms with Gasteiger partial charge in [0.05, 0.1) is 35.1 Å². The fraction of sp³-hybridized carbons (Fsp3) is 0.200. The van der Waals surface area contributed by atoms with Crippen LogP contribution in [0.15, 0.2) is 54.7 Å². The lowest BCUT2D eigenvalue weighted by Crippen LogP contribution is -2.30. The number of ether oxygens (including phenoxy) is 1. The van der Waals surface area contributed by atoms with Gasteiger partial charge in [0.1, 0.15) is 0 Å². The molecule has 0 saturated heterocycles. The number of nitrogens with one attached hydrogen (secondary N) is 2. The van der Waals surface area contributed by atoms with Crippen LogP contribution in [-0.2, 0) is 0 Å². The molecule has 3 heterocycles. The van der Waals surface area contributed by atoms with Crippen molar-refractivity contribution in [3.8, 4) is 11.5 Å². The third kappa shape index (κ3) is 3.09. The predicted molar refractivity (Wildman–Crippen MR) is 132 cm³/mol. The van der Waals surface area contributed by atoms with Gasteiger partial charge in [0.2, 0.25) is 0 Å². The lowest BCUT2D eigenvalue weighted by Gasteiger charge is -2.40. The number of nitrogen functional groups attached to an aromatic ring is 1. The summed E-state index contributed by atoms with van der Waals surface area (Å²) >= 11 is 1.51. The number of hydrogen-bond acceptors (Lipinski definition) is 7. The maximum absolute atomic E-state index is 10.2. The van der Waals surface area contributed by atoms with Gasteiger partial charge in [-0.2, -0.15) is 5.10 Å². The number of benzene rings is 3. The van der Waals surface area contributed by atoms with E-state index in [1.165, 1.54) is 22.5 Å². The number of H-pyrrole nitrogens is 1. The molecule has 33 heavy (non-hydrogen) atoms. The second-order valence-electron chi connectivity index (χ2n) is 8.53. The fourth-order valence-corrected chi connectivity index (χ4v) is 5.93. The van der Waals surface area contributed by atoms with Crippen molar-refractivity contribution in [3.05, 3.63) is 71.4 Å². The van der Waals surface area contributed by atoms with Crippen LogP contribution >= 0.6 is 11.3 Å². The first-order chi connectivity index (χ1) is 16.0. The number of aromatic hydroxyl groups is 1. The Morgan fingerprint density at radius 3 is 2.79 bits per heavy atom.